The van der Waals surface area contributed by atoms with Gasteiger partial charge in [-0.15, -0.1) is 0 Å². The molecule has 0 bridgehead atoms. The van der Waals surface area contributed by atoms with E-state index in [1.807, 2.05) is 6.07 Å². The first-order valence-corrected chi connectivity index (χ1v) is 39.1. The fraction of sp³-hybridized carbons (Fsp3) is 0.0189. The van der Waals surface area contributed by atoms with Crippen LogP contribution < -0.4 is 0 Å². The van der Waals surface area contributed by atoms with Crippen molar-refractivity contribution in [2.45, 2.75) is 12.8 Å². The average Bonchev–Trinajstić information content (AvgIpc) is 1.58. The third-order valence-corrected chi connectivity index (χ3v) is 23.5. The highest BCUT2D eigenvalue weighted by atomic mass is 15.2. The third-order valence-electron chi connectivity index (χ3n) is 23.5. The van der Waals surface area contributed by atoms with E-state index < -0.39 is 0 Å². The zero-order valence-corrected chi connectivity index (χ0v) is 61.9. The molecule has 114 heavy (non-hydrogen) atoms. The molecule has 0 fully saturated rings. The number of benzene rings is 16. The molecule has 2 aliphatic carbocycles. The Labute approximate surface area is 657 Å². The summed E-state index contributed by atoms with van der Waals surface area (Å²) < 4.78 is 9.40. The van der Waals surface area contributed by atoms with Gasteiger partial charge in [0.25, 0.3) is 0 Å². The largest absolute Gasteiger partial charge is 0.309 e. The van der Waals surface area contributed by atoms with Crippen LogP contribution in [0.4, 0.5) is 0 Å². The Morgan fingerprint density at radius 3 is 0.947 bits per heavy atom. The summed E-state index contributed by atoms with van der Waals surface area (Å²) in [4.78, 5) is 21.4. The van der Waals surface area contributed by atoms with Gasteiger partial charge in [0.2, 0.25) is 5.95 Å². The van der Waals surface area contributed by atoms with E-state index >= 15 is 0 Å². The summed E-state index contributed by atoms with van der Waals surface area (Å²) in [6, 6.07) is 140. The SMILES string of the molecule is c1ccc(-c2ccc3c(c2)c2cc(-c4ccc5c(c4)c4ccccc4n5-c4nc(-c5ccccc5)c5c(n4)-c4ccccc4C5)ccc2n3-c2ccccc2)cc1.c1ccc(-c2ccc3c(c2)c2cc(-c4ccc5c(c4)c4ccccc4n5-c4nc(-c5ccccc5)nc5c4Cc4ccccc4-5)ccc2n3-c2ccccc2)cc1. The van der Waals surface area contributed by atoms with Gasteiger partial charge in [-0.3, -0.25) is 9.13 Å². The van der Waals surface area contributed by atoms with Gasteiger partial charge in [-0.25, -0.2) is 19.9 Å². The molecule has 16 aromatic carbocycles. The van der Waals surface area contributed by atoms with Gasteiger partial charge in [0.1, 0.15) is 5.82 Å². The lowest BCUT2D eigenvalue weighted by Gasteiger charge is -2.14. The van der Waals surface area contributed by atoms with E-state index in [9.17, 15) is 0 Å². The molecule has 8 heteroatoms. The van der Waals surface area contributed by atoms with Crippen molar-refractivity contribution >= 4 is 87.2 Å². The Hall–Kier alpha value is -15.1. The molecule has 0 spiro atoms. The van der Waals surface area contributed by atoms with E-state index in [0.29, 0.717) is 5.95 Å². The van der Waals surface area contributed by atoms with Gasteiger partial charge in [-0.1, -0.05) is 279 Å². The first kappa shape index (κ1) is 64.8. The zero-order chi connectivity index (χ0) is 74.9. The number of hydrogen-bond acceptors (Lipinski definition) is 4. The predicted octanol–water partition coefficient (Wildman–Crippen LogP) is 26.5. The molecule has 0 amide bonds. The molecule has 6 aromatic heterocycles. The maximum atomic E-state index is 5.39. The Morgan fingerprint density at radius 2 is 0.500 bits per heavy atom. The molecule has 2 aliphatic rings. The molecule has 24 rings (SSSR count). The average molecular weight is 1450 g/mol. The van der Waals surface area contributed by atoms with Crippen LogP contribution >= 0.6 is 0 Å². The highest BCUT2D eigenvalue weighted by molar-refractivity contribution is 6.16. The van der Waals surface area contributed by atoms with Crippen molar-refractivity contribution in [3.05, 3.63) is 411 Å². The molecule has 532 valence electrons. The summed E-state index contributed by atoms with van der Waals surface area (Å²) in [5.74, 6) is 2.37. The summed E-state index contributed by atoms with van der Waals surface area (Å²) in [5, 5.41) is 9.68. The lowest BCUT2D eigenvalue weighted by Crippen LogP contribution is -2.06. The van der Waals surface area contributed by atoms with E-state index in [0.717, 1.165) is 91.7 Å². The van der Waals surface area contributed by atoms with Crippen LogP contribution in [0.3, 0.4) is 0 Å². The number of rotatable bonds is 10. The number of hydrogen-bond donors (Lipinski definition) is 0. The van der Waals surface area contributed by atoms with E-state index in [1.165, 1.54) is 137 Å². The molecule has 0 unspecified atom stereocenters. The molecule has 22 aromatic rings. The maximum absolute atomic E-state index is 5.39. The molecule has 0 atom stereocenters. The molecule has 0 aliphatic heterocycles. The lowest BCUT2D eigenvalue weighted by atomic mass is 9.99. The van der Waals surface area contributed by atoms with Crippen molar-refractivity contribution in [1.29, 1.82) is 0 Å². The second-order valence-corrected chi connectivity index (χ2v) is 30.0. The van der Waals surface area contributed by atoms with Crippen LogP contribution in [0.1, 0.15) is 22.3 Å². The summed E-state index contributed by atoms with van der Waals surface area (Å²) >= 11 is 0. The van der Waals surface area contributed by atoms with Crippen molar-refractivity contribution in [2.75, 3.05) is 0 Å². The summed E-state index contributed by atoms with van der Waals surface area (Å²) in [5.41, 5.74) is 33.5. The molecule has 0 radical (unpaired) electrons. The van der Waals surface area contributed by atoms with Crippen molar-refractivity contribution in [3.8, 4) is 113 Å². The molecule has 8 nitrogen and oxygen atoms in total. The van der Waals surface area contributed by atoms with Gasteiger partial charge < -0.3 is 9.13 Å². The first-order chi connectivity index (χ1) is 56.5. The Kier molecular flexibility index (Phi) is 15.0. The Bertz CT molecular complexity index is 7620. The summed E-state index contributed by atoms with van der Waals surface area (Å²) in [7, 11) is 0. The van der Waals surface area contributed by atoms with Gasteiger partial charge in [0, 0.05) is 101 Å². The van der Waals surface area contributed by atoms with E-state index in [2.05, 4.69) is 400 Å². The molecule has 6 heterocycles. The highest BCUT2D eigenvalue weighted by Crippen LogP contribution is 2.47. The topological polar surface area (TPSA) is 71.3 Å². The van der Waals surface area contributed by atoms with Gasteiger partial charge in [0.05, 0.1) is 61.2 Å². The Balaban J connectivity index is 0.000000135. The van der Waals surface area contributed by atoms with Gasteiger partial charge in [0.15, 0.2) is 5.82 Å². The quantitative estimate of drug-likeness (QED) is 0.137. The van der Waals surface area contributed by atoms with Crippen LogP contribution in [0.15, 0.2) is 388 Å². The predicted molar refractivity (Wildman–Crippen MR) is 471 cm³/mol. The molecule has 0 saturated carbocycles. The summed E-state index contributed by atoms with van der Waals surface area (Å²) in [6.45, 7) is 0. The van der Waals surface area contributed by atoms with Crippen molar-refractivity contribution in [3.63, 3.8) is 0 Å². The van der Waals surface area contributed by atoms with Crippen molar-refractivity contribution < 1.29 is 0 Å². The normalized spacial score (nSPS) is 12.1. The minimum absolute atomic E-state index is 0.688. The second kappa shape index (κ2) is 26.3. The van der Waals surface area contributed by atoms with Gasteiger partial charge in [-0.2, -0.15) is 0 Å². The number of aromatic nitrogens is 8. The second-order valence-electron chi connectivity index (χ2n) is 30.0. The van der Waals surface area contributed by atoms with Crippen LogP contribution in [0, 0.1) is 0 Å². The number of para-hydroxylation sites is 4. The fourth-order valence-corrected chi connectivity index (χ4v) is 18.2. The van der Waals surface area contributed by atoms with Crippen molar-refractivity contribution in [1.82, 2.24) is 38.2 Å². The van der Waals surface area contributed by atoms with Crippen LogP contribution in [-0.2, 0) is 12.8 Å². The van der Waals surface area contributed by atoms with Crippen LogP contribution in [0.25, 0.3) is 200 Å². The molecule has 0 N–H and O–H groups in total. The van der Waals surface area contributed by atoms with Crippen LogP contribution in [0.2, 0.25) is 0 Å². The molecular weight excluding hydrogens is 1390 g/mol. The molecule has 0 saturated heterocycles. The van der Waals surface area contributed by atoms with Crippen molar-refractivity contribution in [2.24, 2.45) is 0 Å². The zero-order valence-electron chi connectivity index (χ0n) is 61.9. The number of fused-ring (bicyclic) bond motifs is 18. The van der Waals surface area contributed by atoms with Crippen LogP contribution in [-0.4, -0.2) is 38.2 Å². The van der Waals surface area contributed by atoms with Crippen LogP contribution in [0.5, 0.6) is 0 Å². The standard InChI is InChI=1S/2C53H34N4/c1-4-14-34(15-5-1)36-24-27-48-44(30-36)45-32-38(25-28-49(45)56(48)40-19-8-3-9-20-40)37-26-29-50-43(31-37)42-22-12-13-23-47(42)57(50)53-46-33-39-18-10-11-21-41(39)51(46)54-52(55-53)35-16-6-2-7-17-35;1-4-14-34(15-5-1)36-24-27-48-44(30-36)45-32-38(25-28-49(45)56(48)40-19-8-3-9-20-40)37-26-29-50-43(31-37)42-22-12-13-23-47(42)57(50)53-54-51(35-16-6-2-7-17-35)46-33-39-18-10-11-21-41(39)52(46)55-53/h2*1-32H,33H2. The monoisotopic (exact) mass is 1450 g/mol. The number of nitrogens with zero attached hydrogens (tertiary/aromatic N) is 8. The smallest absolute Gasteiger partial charge is 0.235 e. The minimum Gasteiger partial charge on any atom is -0.309 e. The van der Waals surface area contributed by atoms with Gasteiger partial charge in [-0.05, 0) is 165 Å². The molecular formula is C106H68N8. The van der Waals surface area contributed by atoms with E-state index in [-0.39, 0.29) is 0 Å². The first-order valence-electron chi connectivity index (χ1n) is 39.1. The summed E-state index contributed by atoms with van der Waals surface area (Å²) in [6.07, 6.45) is 1.62. The third kappa shape index (κ3) is 10.5. The maximum Gasteiger partial charge on any atom is 0.235 e. The fourth-order valence-electron chi connectivity index (χ4n) is 18.2. The Morgan fingerprint density at radius 1 is 0.193 bits per heavy atom. The van der Waals surface area contributed by atoms with E-state index in [4.69, 9.17) is 19.9 Å². The van der Waals surface area contributed by atoms with E-state index in [1.54, 1.807) is 0 Å². The minimum atomic E-state index is 0.688. The van der Waals surface area contributed by atoms with Gasteiger partial charge >= 0.3 is 0 Å². The lowest BCUT2D eigenvalue weighted by molar-refractivity contribution is 0.985. The highest BCUT2D eigenvalue weighted by Gasteiger charge is 2.30.